The van der Waals surface area contributed by atoms with Crippen molar-refractivity contribution >= 4 is 0 Å². The van der Waals surface area contributed by atoms with Gasteiger partial charge in [0.15, 0.2) is 0 Å². The number of aryl methyl sites for hydroxylation is 1. The van der Waals surface area contributed by atoms with Crippen LogP contribution in [0.5, 0.6) is 0 Å². The fourth-order valence-corrected chi connectivity index (χ4v) is 1.71. The van der Waals surface area contributed by atoms with Gasteiger partial charge < -0.3 is 10.8 Å². The molecule has 0 aliphatic heterocycles. The fourth-order valence-electron chi connectivity index (χ4n) is 1.71. The summed E-state index contributed by atoms with van der Waals surface area (Å²) in [7, 11) is 0. The van der Waals surface area contributed by atoms with Gasteiger partial charge in [0.1, 0.15) is 0 Å². The van der Waals surface area contributed by atoms with Crippen LogP contribution in [-0.4, -0.2) is 11.7 Å². The zero-order valence-corrected chi connectivity index (χ0v) is 9.66. The molecular weight excluding hydrogens is 186 g/mol. The molecule has 1 rings (SSSR count). The Morgan fingerprint density at radius 1 is 1.27 bits per heavy atom. The van der Waals surface area contributed by atoms with Gasteiger partial charge in [-0.15, -0.1) is 0 Å². The van der Waals surface area contributed by atoms with Crippen molar-refractivity contribution in [2.45, 2.75) is 38.6 Å². The Morgan fingerprint density at radius 3 is 2.33 bits per heavy atom. The lowest BCUT2D eigenvalue weighted by Gasteiger charge is -2.25. The van der Waals surface area contributed by atoms with E-state index in [0.29, 0.717) is 0 Å². The lowest BCUT2D eigenvalue weighted by molar-refractivity contribution is 0.265. The first kappa shape index (κ1) is 12.2. The number of rotatable bonds is 5. The second kappa shape index (κ2) is 5.29. The normalized spacial score (nSPS) is 14.9. The zero-order valence-electron chi connectivity index (χ0n) is 9.66. The number of hydrogen-bond acceptors (Lipinski definition) is 2. The van der Waals surface area contributed by atoms with Crippen molar-refractivity contribution in [3.8, 4) is 0 Å². The highest BCUT2D eigenvalue weighted by Crippen LogP contribution is 2.23. The smallest absolute Gasteiger partial charge is 0.0431 e. The highest BCUT2D eigenvalue weighted by molar-refractivity contribution is 5.27. The standard InChI is InChI=1S/C13H21NO/c1-3-11-5-7-12(8-6-11)13(2,14)9-4-10-15/h5-8,15H,3-4,9-10,14H2,1-2H3. The third-order valence-corrected chi connectivity index (χ3v) is 2.88. The molecule has 0 aliphatic rings. The number of nitrogens with two attached hydrogens (primary N) is 1. The van der Waals surface area contributed by atoms with E-state index in [0.717, 1.165) is 24.8 Å². The van der Waals surface area contributed by atoms with Crippen molar-refractivity contribution in [1.82, 2.24) is 0 Å². The molecule has 0 fully saturated rings. The molecule has 1 aromatic carbocycles. The van der Waals surface area contributed by atoms with Crippen LogP contribution in [0.3, 0.4) is 0 Å². The van der Waals surface area contributed by atoms with E-state index in [2.05, 4.69) is 31.2 Å². The first-order valence-corrected chi connectivity index (χ1v) is 5.59. The van der Waals surface area contributed by atoms with Gasteiger partial charge in [-0.2, -0.15) is 0 Å². The number of benzene rings is 1. The molecule has 0 bridgehead atoms. The summed E-state index contributed by atoms with van der Waals surface area (Å²) in [5.41, 5.74) is 8.36. The molecule has 0 radical (unpaired) electrons. The monoisotopic (exact) mass is 207 g/mol. The second-order valence-corrected chi connectivity index (χ2v) is 4.30. The van der Waals surface area contributed by atoms with Crippen LogP contribution in [0.4, 0.5) is 0 Å². The minimum absolute atomic E-state index is 0.208. The van der Waals surface area contributed by atoms with Gasteiger partial charge in [0.2, 0.25) is 0 Å². The van der Waals surface area contributed by atoms with Gasteiger partial charge in [0, 0.05) is 12.1 Å². The van der Waals surface area contributed by atoms with Crippen LogP contribution in [0.2, 0.25) is 0 Å². The summed E-state index contributed by atoms with van der Waals surface area (Å²) < 4.78 is 0. The van der Waals surface area contributed by atoms with Gasteiger partial charge in [-0.25, -0.2) is 0 Å². The predicted octanol–water partition coefficient (Wildman–Crippen LogP) is 2.20. The number of aliphatic hydroxyl groups is 1. The zero-order chi connectivity index (χ0) is 11.3. The Hall–Kier alpha value is -0.860. The number of hydrogen-bond donors (Lipinski definition) is 2. The summed E-state index contributed by atoms with van der Waals surface area (Å²) in [4.78, 5) is 0. The number of aliphatic hydroxyl groups excluding tert-OH is 1. The summed E-state index contributed by atoms with van der Waals surface area (Å²) in [6, 6.07) is 8.44. The summed E-state index contributed by atoms with van der Waals surface area (Å²) in [6.07, 6.45) is 2.62. The quantitative estimate of drug-likeness (QED) is 0.777. The minimum Gasteiger partial charge on any atom is -0.396 e. The van der Waals surface area contributed by atoms with Crippen molar-refractivity contribution in [2.24, 2.45) is 5.73 Å². The van der Waals surface area contributed by atoms with Crippen LogP contribution in [0.1, 0.15) is 37.8 Å². The maximum absolute atomic E-state index is 8.80. The van der Waals surface area contributed by atoms with Gasteiger partial charge in [-0.05, 0) is 37.3 Å². The molecule has 1 unspecified atom stereocenters. The first-order chi connectivity index (χ1) is 7.10. The van der Waals surface area contributed by atoms with Crippen LogP contribution in [-0.2, 0) is 12.0 Å². The van der Waals surface area contributed by atoms with Gasteiger partial charge in [-0.3, -0.25) is 0 Å². The third-order valence-electron chi connectivity index (χ3n) is 2.88. The van der Waals surface area contributed by atoms with Crippen LogP contribution >= 0.6 is 0 Å². The molecule has 0 saturated carbocycles. The van der Waals surface area contributed by atoms with Gasteiger partial charge in [-0.1, -0.05) is 31.2 Å². The van der Waals surface area contributed by atoms with E-state index >= 15 is 0 Å². The highest BCUT2D eigenvalue weighted by atomic mass is 16.2. The van der Waals surface area contributed by atoms with E-state index in [-0.39, 0.29) is 12.1 Å². The SMILES string of the molecule is CCc1ccc(C(C)(N)CCCO)cc1. The highest BCUT2D eigenvalue weighted by Gasteiger charge is 2.19. The van der Waals surface area contributed by atoms with Gasteiger partial charge in [0.05, 0.1) is 0 Å². The van der Waals surface area contributed by atoms with Crippen LogP contribution in [0, 0.1) is 0 Å². The molecule has 3 N–H and O–H groups in total. The van der Waals surface area contributed by atoms with E-state index in [1.165, 1.54) is 5.56 Å². The summed E-state index contributed by atoms with van der Waals surface area (Å²) in [6.45, 7) is 4.37. The maximum atomic E-state index is 8.80. The molecule has 0 heterocycles. The fraction of sp³-hybridized carbons (Fsp3) is 0.538. The molecule has 0 saturated heterocycles. The molecule has 84 valence electrons. The van der Waals surface area contributed by atoms with Crippen molar-refractivity contribution in [2.75, 3.05) is 6.61 Å². The maximum Gasteiger partial charge on any atom is 0.0431 e. The Kier molecular flexibility index (Phi) is 4.30. The molecule has 0 spiro atoms. The van der Waals surface area contributed by atoms with Gasteiger partial charge in [0.25, 0.3) is 0 Å². The van der Waals surface area contributed by atoms with E-state index in [4.69, 9.17) is 10.8 Å². The second-order valence-electron chi connectivity index (χ2n) is 4.30. The first-order valence-electron chi connectivity index (χ1n) is 5.59. The lowest BCUT2D eigenvalue weighted by Crippen LogP contribution is -2.33. The van der Waals surface area contributed by atoms with Crippen molar-refractivity contribution in [1.29, 1.82) is 0 Å². The molecule has 2 heteroatoms. The van der Waals surface area contributed by atoms with Gasteiger partial charge >= 0.3 is 0 Å². The average Bonchev–Trinajstić information content (AvgIpc) is 2.26. The Morgan fingerprint density at radius 2 is 1.87 bits per heavy atom. The minimum atomic E-state index is -0.324. The topological polar surface area (TPSA) is 46.2 Å². The molecule has 1 aromatic rings. The third kappa shape index (κ3) is 3.33. The van der Waals surface area contributed by atoms with E-state index in [1.54, 1.807) is 0 Å². The molecule has 1 atom stereocenters. The van der Waals surface area contributed by atoms with Crippen molar-refractivity contribution in [3.05, 3.63) is 35.4 Å². The molecule has 0 aliphatic carbocycles. The summed E-state index contributed by atoms with van der Waals surface area (Å²) in [5, 5.41) is 8.80. The van der Waals surface area contributed by atoms with Crippen LogP contribution < -0.4 is 5.73 Å². The summed E-state index contributed by atoms with van der Waals surface area (Å²) >= 11 is 0. The van der Waals surface area contributed by atoms with Crippen LogP contribution in [0.25, 0.3) is 0 Å². The average molecular weight is 207 g/mol. The Balaban J connectivity index is 2.75. The van der Waals surface area contributed by atoms with E-state index in [1.807, 2.05) is 6.92 Å². The van der Waals surface area contributed by atoms with Crippen LogP contribution in [0.15, 0.2) is 24.3 Å². The van der Waals surface area contributed by atoms with E-state index in [9.17, 15) is 0 Å². The molecule has 0 amide bonds. The molecule has 15 heavy (non-hydrogen) atoms. The molecule has 2 nitrogen and oxygen atoms in total. The van der Waals surface area contributed by atoms with Crippen molar-refractivity contribution in [3.63, 3.8) is 0 Å². The Labute approximate surface area is 92.1 Å². The Bertz CT molecular complexity index is 290. The molecule has 0 aromatic heterocycles. The van der Waals surface area contributed by atoms with E-state index < -0.39 is 0 Å². The predicted molar refractivity (Wildman–Crippen MR) is 63.7 cm³/mol. The lowest BCUT2D eigenvalue weighted by atomic mass is 9.88. The summed E-state index contributed by atoms with van der Waals surface area (Å²) in [5.74, 6) is 0. The largest absolute Gasteiger partial charge is 0.396 e. The van der Waals surface area contributed by atoms with Crippen molar-refractivity contribution < 1.29 is 5.11 Å². The molecular formula is C13H21NO.